The molecule has 34 heavy (non-hydrogen) atoms. The summed E-state index contributed by atoms with van der Waals surface area (Å²) in [6.07, 6.45) is -0.394. The minimum Gasteiger partial charge on any atom is -0.439 e. The molecule has 176 valence electrons. The number of alkyl halides is 3. The van der Waals surface area contributed by atoms with Crippen LogP contribution in [0.25, 0.3) is 6.08 Å². The molecule has 0 atom stereocenters. The minimum absolute atomic E-state index is 0.0620. The van der Waals surface area contributed by atoms with Crippen LogP contribution in [0.5, 0.6) is 11.6 Å². The summed E-state index contributed by atoms with van der Waals surface area (Å²) in [4.78, 5) is 17.8. The molecule has 4 rings (SSSR count). The van der Waals surface area contributed by atoms with E-state index in [9.17, 15) is 22.4 Å². The van der Waals surface area contributed by atoms with E-state index >= 15 is 0 Å². The third kappa shape index (κ3) is 5.92. The smallest absolute Gasteiger partial charge is 0.417 e. The number of urea groups is 1. The molecular formula is C25H21F4N3O2. The van der Waals surface area contributed by atoms with Crippen molar-refractivity contribution in [2.75, 3.05) is 18.4 Å². The number of amides is 2. The third-order valence-corrected chi connectivity index (χ3v) is 5.32. The Morgan fingerprint density at radius 3 is 2.47 bits per heavy atom. The SMILES string of the molecule is O=C(Nc1ccccc1F)N1CCC(=Cc2cccc(Oc3ccc(C(F)(F)F)cn3)c2)CC1. The molecule has 1 saturated heterocycles. The Kier molecular flexibility index (Phi) is 6.81. The molecule has 1 fully saturated rings. The van der Waals surface area contributed by atoms with Gasteiger partial charge in [-0.3, -0.25) is 0 Å². The number of carbonyl (C=O) groups is 1. The summed E-state index contributed by atoms with van der Waals surface area (Å²) in [7, 11) is 0. The second kappa shape index (κ2) is 9.94. The highest BCUT2D eigenvalue weighted by atomic mass is 19.4. The lowest BCUT2D eigenvalue weighted by molar-refractivity contribution is -0.137. The number of nitrogens with zero attached hydrogens (tertiary/aromatic N) is 2. The summed E-state index contributed by atoms with van der Waals surface area (Å²) in [5.74, 6) is 0.0253. The fraction of sp³-hybridized carbons (Fsp3) is 0.200. The molecule has 2 amide bonds. The van der Waals surface area contributed by atoms with Crippen molar-refractivity contribution in [1.29, 1.82) is 0 Å². The maximum absolute atomic E-state index is 13.8. The van der Waals surface area contributed by atoms with Gasteiger partial charge in [-0.1, -0.05) is 35.9 Å². The van der Waals surface area contributed by atoms with Gasteiger partial charge in [0.05, 0.1) is 11.3 Å². The summed E-state index contributed by atoms with van der Waals surface area (Å²) in [6, 6.07) is 14.9. The predicted octanol–water partition coefficient (Wildman–Crippen LogP) is 6.74. The van der Waals surface area contributed by atoms with Gasteiger partial charge in [0.1, 0.15) is 11.6 Å². The topological polar surface area (TPSA) is 54.5 Å². The molecule has 1 aliphatic heterocycles. The Hall–Kier alpha value is -3.88. The van der Waals surface area contributed by atoms with Gasteiger partial charge in [0, 0.05) is 25.4 Å². The number of halogens is 4. The molecule has 0 saturated carbocycles. The lowest BCUT2D eigenvalue weighted by Crippen LogP contribution is -2.39. The second-order valence-electron chi connectivity index (χ2n) is 7.76. The number of piperidine rings is 1. The van der Waals surface area contributed by atoms with Crippen LogP contribution in [0, 0.1) is 5.82 Å². The highest BCUT2D eigenvalue weighted by Gasteiger charge is 2.30. The van der Waals surface area contributed by atoms with Crippen LogP contribution in [-0.2, 0) is 6.18 Å². The number of hydrogen-bond acceptors (Lipinski definition) is 3. The van der Waals surface area contributed by atoms with Crippen LogP contribution in [0.4, 0.5) is 28.0 Å². The van der Waals surface area contributed by atoms with E-state index in [-0.39, 0.29) is 17.6 Å². The fourth-order valence-corrected chi connectivity index (χ4v) is 3.53. The van der Waals surface area contributed by atoms with E-state index in [1.165, 1.54) is 18.2 Å². The molecule has 1 aliphatic rings. The monoisotopic (exact) mass is 471 g/mol. The molecular weight excluding hydrogens is 450 g/mol. The van der Waals surface area contributed by atoms with Gasteiger partial charge in [-0.2, -0.15) is 13.2 Å². The Morgan fingerprint density at radius 2 is 1.79 bits per heavy atom. The summed E-state index contributed by atoms with van der Waals surface area (Å²) >= 11 is 0. The summed E-state index contributed by atoms with van der Waals surface area (Å²) in [6.45, 7) is 0.996. The first-order chi connectivity index (χ1) is 16.3. The normalized spacial score (nSPS) is 14.0. The van der Waals surface area contributed by atoms with E-state index in [2.05, 4.69) is 10.3 Å². The molecule has 1 aromatic heterocycles. The Labute approximate surface area is 193 Å². The highest BCUT2D eigenvalue weighted by Crippen LogP contribution is 2.30. The number of ether oxygens (including phenoxy) is 1. The maximum atomic E-state index is 13.8. The minimum atomic E-state index is -4.45. The van der Waals surface area contributed by atoms with E-state index in [1.807, 2.05) is 12.1 Å². The van der Waals surface area contributed by atoms with Crippen molar-refractivity contribution in [3.63, 3.8) is 0 Å². The van der Waals surface area contributed by atoms with Gasteiger partial charge < -0.3 is 15.0 Å². The molecule has 3 aromatic rings. The van der Waals surface area contributed by atoms with Gasteiger partial charge in [0.25, 0.3) is 0 Å². The van der Waals surface area contributed by atoms with Crippen molar-refractivity contribution in [2.24, 2.45) is 0 Å². The van der Waals surface area contributed by atoms with Crippen LogP contribution in [-0.4, -0.2) is 29.0 Å². The first-order valence-corrected chi connectivity index (χ1v) is 10.6. The predicted molar refractivity (Wildman–Crippen MR) is 120 cm³/mol. The Morgan fingerprint density at radius 1 is 1.03 bits per heavy atom. The fourth-order valence-electron chi connectivity index (χ4n) is 3.53. The standard InChI is InChI=1S/C25H21F4N3O2/c26-21-6-1-2-7-22(21)31-24(33)32-12-10-17(11-13-32)14-18-4-3-5-20(15-18)34-23-9-8-19(16-30-23)25(27,28)29/h1-9,14-16H,10-13H2,(H,31,33). The number of likely N-dealkylation sites (tertiary alicyclic amines) is 1. The molecule has 0 aliphatic carbocycles. The lowest BCUT2D eigenvalue weighted by atomic mass is 10.0. The van der Waals surface area contributed by atoms with Crippen molar-refractivity contribution in [3.05, 3.63) is 89.4 Å². The largest absolute Gasteiger partial charge is 0.439 e. The van der Waals surface area contributed by atoms with Gasteiger partial charge in [0.2, 0.25) is 5.88 Å². The zero-order valence-electron chi connectivity index (χ0n) is 18.0. The first kappa shape index (κ1) is 23.3. The van der Waals surface area contributed by atoms with E-state index < -0.39 is 17.6 Å². The van der Waals surface area contributed by atoms with E-state index in [1.54, 1.807) is 35.2 Å². The van der Waals surface area contributed by atoms with Crippen molar-refractivity contribution in [3.8, 4) is 11.6 Å². The Bertz CT molecular complexity index is 1180. The van der Waals surface area contributed by atoms with Crippen LogP contribution in [0.2, 0.25) is 0 Å². The number of hydrogen-bond donors (Lipinski definition) is 1. The zero-order valence-corrected chi connectivity index (χ0v) is 18.0. The number of aromatic nitrogens is 1. The molecule has 0 unspecified atom stereocenters. The average Bonchev–Trinajstić information content (AvgIpc) is 2.81. The summed E-state index contributed by atoms with van der Waals surface area (Å²) in [5.41, 5.74) is 1.31. The molecule has 1 N–H and O–H groups in total. The van der Waals surface area contributed by atoms with Crippen molar-refractivity contribution >= 4 is 17.8 Å². The van der Waals surface area contributed by atoms with Gasteiger partial charge in [-0.05, 0) is 48.7 Å². The van der Waals surface area contributed by atoms with Crippen molar-refractivity contribution < 1.29 is 27.1 Å². The number of rotatable bonds is 4. The summed E-state index contributed by atoms with van der Waals surface area (Å²) in [5, 5.41) is 2.59. The molecule has 2 aromatic carbocycles. The number of anilines is 1. The number of pyridine rings is 1. The molecule has 5 nitrogen and oxygen atoms in total. The molecule has 2 heterocycles. The van der Waals surface area contributed by atoms with Gasteiger partial charge >= 0.3 is 12.2 Å². The van der Waals surface area contributed by atoms with E-state index in [4.69, 9.17) is 4.74 Å². The first-order valence-electron chi connectivity index (χ1n) is 10.6. The van der Waals surface area contributed by atoms with Crippen LogP contribution < -0.4 is 10.1 Å². The number of nitrogens with one attached hydrogen (secondary N) is 1. The van der Waals surface area contributed by atoms with E-state index in [0.717, 1.165) is 23.4 Å². The zero-order chi connectivity index (χ0) is 24.1. The van der Waals surface area contributed by atoms with Crippen LogP contribution in [0.1, 0.15) is 24.0 Å². The molecule has 0 radical (unpaired) electrons. The van der Waals surface area contributed by atoms with Crippen LogP contribution >= 0.6 is 0 Å². The number of benzene rings is 2. The molecule has 9 heteroatoms. The average molecular weight is 471 g/mol. The highest BCUT2D eigenvalue weighted by molar-refractivity contribution is 5.89. The van der Waals surface area contributed by atoms with Gasteiger partial charge in [-0.15, -0.1) is 0 Å². The quantitative estimate of drug-likeness (QED) is 0.429. The summed E-state index contributed by atoms with van der Waals surface area (Å²) < 4.78 is 57.4. The third-order valence-electron chi connectivity index (χ3n) is 5.32. The van der Waals surface area contributed by atoms with Gasteiger partial charge in [-0.25, -0.2) is 14.2 Å². The van der Waals surface area contributed by atoms with Crippen LogP contribution in [0.3, 0.4) is 0 Å². The number of para-hydroxylation sites is 1. The van der Waals surface area contributed by atoms with Crippen molar-refractivity contribution in [2.45, 2.75) is 19.0 Å². The van der Waals surface area contributed by atoms with Crippen molar-refractivity contribution in [1.82, 2.24) is 9.88 Å². The maximum Gasteiger partial charge on any atom is 0.417 e. The van der Waals surface area contributed by atoms with Crippen LogP contribution in [0.15, 0.2) is 72.4 Å². The molecule has 0 spiro atoms. The number of carbonyl (C=O) groups excluding carboxylic acids is 1. The lowest BCUT2D eigenvalue weighted by Gasteiger charge is -2.28. The van der Waals surface area contributed by atoms with Gasteiger partial charge in [0.15, 0.2) is 0 Å². The Balaban J connectivity index is 1.35. The van der Waals surface area contributed by atoms with E-state index in [0.29, 0.717) is 31.7 Å². The molecule has 0 bridgehead atoms. The second-order valence-corrected chi connectivity index (χ2v) is 7.76.